The van der Waals surface area contributed by atoms with Gasteiger partial charge in [0.05, 0.1) is 30.2 Å². The highest BCUT2D eigenvalue weighted by Crippen LogP contribution is 2.33. The number of carbonyl (C=O) groups excluding carboxylic acids is 1. The molecule has 3 rings (SSSR count). The zero-order chi connectivity index (χ0) is 15.9. The molecule has 1 amide bonds. The monoisotopic (exact) mass is 323 g/mol. The first kappa shape index (κ1) is 15.4. The van der Waals surface area contributed by atoms with E-state index in [1.54, 1.807) is 11.0 Å². The van der Waals surface area contributed by atoms with E-state index < -0.39 is 0 Å². The summed E-state index contributed by atoms with van der Waals surface area (Å²) in [6.07, 6.45) is -0.340. The van der Waals surface area contributed by atoms with Crippen molar-refractivity contribution < 1.29 is 19.0 Å². The molecule has 1 aromatic carbocycles. The predicted molar refractivity (Wildman–Crippen MR) is 83.8 cm³/mol. The van der Waals surface area contributed by atoms with Crippen LogP contribution >= 0.6 is 11.3 Å². The number of nitrogens with zero attached hydrogens (tertiary/aromatic N) is 1. The molecule has 118 valence electrons. The second-order valence-electron chi connectivity index (χ2n) is 5.64. The third-order valence-electron chi connectivity index (χ3n) is 4.06. The number of benzene rings is 1. The highest BCUT2D eigenvalue weighted by atomic mass is 32.1. The van der Waals surface area contributed by atoms with E-state index in [0.717, 1.165) is 15.6 Å². The molecule has 1 fully saturated rings. The van der Waals surface area contributed by atoms with Crippen LogP contribution in [0.1, 0.15) is 22.2 Å². The number of aliphatic hydroxyl groups excluding tert-OH is 1. The van der Waals surface area contributed by atoms with Gasteiger partial charge in [-0.1, -0.05) is 0 Å². The Hall–Kier alpha value is -1.50. The lowest BCUT2D eigenvalue weighted by atomic mass is 10.1. The van der Waals surface area contributed by atoms with Crippen LogP contribution in [0.3, 0.4) is 0 Å². The van der Waals surface area contributed by atoms with Crippen LogP contribution in [0, 0.1) is 12.7 Å². The SMILES string of the molecule is Cc1c(C(=O)N2CC(CO)OCC2C)sc2ccc(F)cc12. The quantitative estimate of drug-likeness (QED) is 0.924. The van der Waals surface area contributed by atoms with Crippen molar-refractivity contribution >= 4 is 27.3 Å². The Kier molecular flexibility index (Phi) is 4.16. The molecule has 2 atom stereocenters. The highest BCUT2D eigenvalue weighted by molar-refractivity contribution is 7.21. The third kappa shape index (κ3) is 2.62. The molecular formula is C16H18FNO3S. The Morgan fingerprint density at radius 3 is 3.05 bits per heavy atom. The fourth-order valence-electron chi connectivity index (χ4n) is 2.74. The van der Waals surface area contributed by atoms with Gasteiger partial charge in [0.25, 0.3) is 5.91 Å². The van der Waals surface area contributed by atoms with Crippen molar-refractivity contribution in [1.82, 2.24) is 4.90 Å². The van der Waals surface area contributed by atoms with Crippen LogP contribution in [0.25, 0.3) is 10.1 Å². The Labute approximate surface area is 132 Å². The molecule has 1 aliphatic rings. The lowest BCUT2D eigenvalue weighted by molar-refractivity contribution is -0.0666. The van der Waals surface area contributed by atoms with Crippen molar-refractivity contribution in [2.24, 2.45) is 0 Å². The zero-order valence-corrected chi connectivity index (χ0v) is 13.3. The minimum absolute atomic E-state index is 0.0448. The first-order chi connectivity index (χ1) is 10.5. The maximum atomic E-state index is 13.4. The molecule has 22 heavy (non-hydrogen) atoms. The number of carbonyl (C=O) groups is 1. The smallest absolute Gasteiger partial charge is 0.264 e. The fourth-order valence-corrected chi connectivity index (χ4v) is 3.88. The maximum absolute atomic E-state index is 13.4. The van der Waals surface area contributed by atoms with Gasteiger partial charge >= 0.3 is 0 Å². The lowest BCUT2D eigenvalue weighted by Gasteiger charge is -2.37. The van der Waals surface area contributed by atoms with Crippen molar-refractivity contribution in [2.75, 3.05) is 19.8 Å². The van der Waals surface area contributed by atoms with Gasteiger partial charge in [0.2, 0.25) is 0 Å². The van der Waals surface area contributed by atoms with Gasteiger partial charge in [0, 0.05) is 11.2 Å². The minimum atomic E-state index is -0.340. The van der Waals surface area contributed by atoms with Crippen molar-refractivity contribution in [3.63, 3.8) is 0 Å². The molecule has 1 aliphatic heterocycles. The normalized spacial score (nSPS) is 22.3. The number of ether oxygens (including phenoxy) is 1. The van der Waals surface area contributed by atoms with E-state index in [0.29, 0.717) is 18.0 Å². The van der Waals surface area contributed by atoms with Gasteiger partial charge in [-0.3, -0.25) is 4.79 Å². The summed E-state index contributed by atoms with van der Waals surface area (Å²) in [5, 5.41) is 10.0. The van der Waals surface area contributed by atoms with Gasteiger partial charge in [-0.15, -0.1) is 11.3 Å². The van der Waals surface area contributed by atoms with E-state index >= 15 is 0 Å². The highest BCUT2D eigenvalue weighted by Gasteiger charge is 2.31. The van der Waals surface area contributed by atoms with Crippen LogP contribution in [0.15, 0.2) is 18.2 Å². The first-order valence-corrected chi connectivity index (χ1v) is 8.05. The number of aliphatic hydroxyl groups is 1. The molecular weight excluding hydrogens is 305 g/mol. The van der Waals surface area contributed by atoms with Gasteiger partial charge < -0.3 is 14.7 Å². The Balaban J connectivity index is 1.96. The van der Waals surface area contributed by atoms with E-state index in [-0.39, 0.29) is 30.5 Å². The number of hydrogen-bond acceptors (Lipinski definition) is 4. The number of thiophene rings is 1. The topological polar surface area (TPSA) is 49.8 Å². The summed E-state index contributed by atoms with van der Waals surface area (Å²) in [6, 6.07) is 4.54. The largest absolute Gasteiger partial charge is 0.394 e. The van der Waals surface area contributed by atoms with Crippen molar-refractivity contribution in [3.8, 4) is 0 Å². The second kappa shape index (κ2) is 5.95. The van der Waals surface area contributed by atoms with Crippen molar-refractivity contribution in [1.29, 1.82) is 0 Å². The molecule has 6 heteroatoms. The number of rotatable bonds is 2. The van der Waals surface area contributed by atoms with Crippen LogP contribution in [0.2, 0.25) is 0 Å². The number of morpholine rings is 1. The van der Waals surface area contributed by atoms with Gasteiger partial charge in [0.15, 0.2) is 0 Å². The number of aryl methyl sites for hydroxylation is 1. The van der Waals surface area contributed by atoms with Gasteiger partial charge in [-0.05, 0) is 43.0 Å². The predicted octanol–water partition coefficient (Wildman–Crippen LogP) is 2.57. The Bertz CT molecular complexity index is 715. The molecule has 1 aromatic heterocycles. The molecule has 2 heterocycles. The fraction of sp³-hybridized carbons (Fsp3) is 0.438. The van der Waals surface area contributed by atoms with Crippen molar-refractivity contribution in [3.05, 3.63) is 34.5 Å². The summed E-state index contributed by atoms with van der Waals surface area (Å²) < 4.78 is 19.8. The van der Waals surface area contributed by atoms with Crippen LogP contribution < -0.4 is 0 Å². The molecule has 1 N–H and O–H groups in total. The molecule has 4 nitrogen and oxygen atoms in total. The van der Waals surface area contributed by atoms with Crippen LogP contribution in [-0.4, -0.2) is 47.8 Å². The first-order valence-electron chi connectivity index (χ1n) is 7.23. The van der Waals surface area contributed by atoms with Gasteiger partial charge in [-0.2, -0.15) is 0 Å². The number of halogens is 1. The molecule has 0 bridgehead atoms. The number of hydrogen-bond donors (Lipinski definition) is 1. The molecule has 2 unspecified atom stereocenters. The van der Waals surface area contributed by atoms with Gasteiger partial charge in [0.1, 0.15) is 5.82 Å². The minimum Gasteiger partial charge on any atom is -0.394 e. The third-order valence-corrected chi connectivity index (χ3v) is 5.32. The number of amides is 1. The second-order valence-corrected chi connectivity index (χ2v) is 6.69. The molecule has 0 saturated carbocycles. The molecule has 1 saturated heterocycles. The molecule has 0 spiro atoms. The Morgan fingerprint density at radius 2 is 2.32 bits per heavy atom. The summed E-state index contributed by atoms with van der Waals surface area (Å²) in [4.78, 5) is 15.2. The average Bonchev–Trinajstić information content (AvgIpc) is 2.84. The van der Waals surface area contributed by atoms with Crippen LogP contribution in [-0.2, 0) is 4.74 Å². The van der Waals surface area contributed by atoms with Crippen LogP contribution in [0.4, 0.5) is 4.39 Å². The Morgan fingerprint density at radius 1 is 1.55 bits per heavy atom. The summed E-state index contributed by atoms with van der Waals surface area (Å²) in [5.74, 6) is -0.374. The zero-order valence-electron chi connectivity index (χ0n) is 12.5. The van der Waals surface area contributed by atoms with E-state index in [4.69, 9.17) is 4.74 Å². The maximum Gasteiger partial charge on any atom is 0.264 e. The van der Waals surface area contributed by atoms with E-state index in [9.17, 15) is 14.3 Å². The summed E-state index contributed by atoms with van der Waals surface area (Å²) in [6.45, 7) is 4.45. The number of fused-ring (bicyclic) bond motifs is 1. The molecule has 0 aliphatic carbocycles. The molecule has 0 radical (unpaired) electrons. The van der Waals surface area contributed by atoms with E-state index in [1.807, 2.05) is 13.8 Å². The van der Waals surface area contributed by atoms with Crippen LogP contribution in [0.5, 0.6) is 0 Å². The van der Waals surface area contributed by atoms with Gasteiger partial charge in [-0.25, -0.2) is 4.39 Å². The molecule has 2 aromatic rings. The van der Waals surface area contributed by atoms with Crippen molar-refractivity contribution in [2.45, 2.75) is 26.0 Å². The standard InChI is InChI=1S/C16H18FNO3S/c1-9-8-21-12(7-19)6-18(9)16(20)15-10(2)13-5-11(17)3-4-14(13)22-15/h3-5,9,12,19H,6-8H2,1-2H3. The lowest BCUT2D eigenvalue weighted by Crippen LogP contribution is -2.51. The summed E-state index contributed by atoms with van der Waals surface area (Å²) in [7, 11) is 0. The summed E-state index contributed by atoms with van der Waals surface area (Å²) >= 11 is 1.38. The van der Waals surface area contributed by atoms with E-state index in [2.05, 4.69) is 0 Å². The van der Waals surface area contributed by atoms with E-state index in [1.165, 1.54) is 23.5 Å². The summed E-state index contributed by atoms with van der Waals surface area (Å²) in [5.41, 5.74) is 0.809. The average molecular weight is 323 g/mol.